The van der Waals surface area contributed by atoms with E-state index in [0.717, 1.165) is 18.4 Å². The number of hydrogen-bond acceptors (Lipinski definition) is 8. The zero-order valence-electron chi connectivity index (χ0n) is 22.8. The molecule has 0 N–H and O–H groups in total. The van der Waals surface area contributed by atoms with Gasteiger partial charge in [-0.05, 0) is 37.8 Å². The number of piperazine rings is 1. The van der Waals surface area contributed by atoms with Crippen molar-refractivity contribution in [2.45, 2.75) is 50.8 Å². The first kappa shape index (κ1) is 29.4. The fourth-order valence-corrected chi connectivity index (χ4v) is 6.25. The number of rotatable bonds is 11. The lowest BCUT2D eigenvalue weighted by Crippen LogP contribution is -2.50. The summed E-state index contributed by atoms with van der Waals surface area (Å²) in [4.78, 5) is 55.7. The Labute approximate surface area is 233 Å². The second-order valence-electron chi connectivity index (χ2n) is 10.4. The van der Waals surface area contributed by atoms with Crippen LogP contribution in [0.15, 0.2) is 35.9 Å². The van der Waals surface area contributed by atoms with Crippen LogP contribution in [0.25, 0.3) is 0 Å². The summed E-state index contributed by atoms with van der Waals surface area (Å²) in [6.07, 6.45) is 4.62. The minimum absolute atomic E-state index is 0.0152. The summed E-state index contributed by atoms with van der Waals surface area (Å²) in [6.45, 7) is 7.02. The molecular formula is C29H38FN3O5S. The molecule has 8 nitrogen and oxygen atoms in total. The summed E-state index contributed by atoms with van der Waals surface area (Å²) >= 11 is 1.28. The molecule has 4 rings (SSSR count). The fourth-order valence-electron chi connectivity index (χ4n) is 5.30. The number of carbonyl (C=O) groups excluding carboxylic acids is 4. The summed E-state index contributed by atoms with van der Waals surface area (Å²) in [7, 11) is 0. The van der Waals surface area contributed by atoms with Crippen molar-refractivity contribution in [3.63, 3.8) is 0 Å². The third-order valence-corrected chi connectivity index (χ3v) is 8.66. The molecule has 1 aliphatic carbocycles. The molecule has 1 aromatic rings. The standard InChI is InChI=1S/C29H38FN3O5S/c1-3-38-27(36)12-13-31-16-17-32(26(35)19-31)14-10-22-18-33(15-11-25(22)39-20(2)34)28(29(37)21-8-9-21)23-6-4-5-7-24(23)30/h4-7,10,21,25,28H,3,8-9,11-19H2,1-2H3. The van der Waals surface area contributed by atoms with E-state index in [-0.39, 0.29) is 52.7 Å². The molecule has 2 unspecified atom stereocenters. The number of amides is 1. The summed E-state index contributed by atoms with van der Waals surface area (Å²) in [5, 5.41) is -0.0256. The van der Waals surface area contributed by atoms with Gasteiger partial charge in [0.2, 0.25) is 5.91 Å². The Kier molecular flexibility index (Phi) is 10.3. The van der Waals surface area contributed by atoms with Gasteiger partial charge in [-0.15, -0.1) is 0 Å². The molecule has 2 atom stereocenters. The van der Waals surface area contributed by atoms with Crippen molar-refractivity contribution in [3.05, 3.63) is 47.3 Å². The van der Waals surface area contributed by atoms with E-state index in [0.29, 0.717) is 57.9 Å². The number of Topliss-reactive ketones (excluding diaryl/α,β-unsaturated/α-hetero) is 1. The Hall–Kier alpha value is -2.56. The van der Waals surface area contributed by atoms with Crippen LogP contribution in [-0.4, -0.2) is 95.1 Å². The van der Waals surface area contributed by atoms with E-state index < -0.39 is 6.04 Å². The Morgan fingerprint density at radius 2 is 1.90 bits per heavy atom. The van der Waals surface area contributed by atoms with Gasteiger partial charge in [0.25, 0.3) is 0 Å². The van der Waals surface area contributed by atoms with Crippen LogP contribution < -0.4 is 0 Å². The highest BCUT2D eigenvalue weighted by molar-refractivity contribution is 8.14. The second kappa shape index (κ2) is 13.7. The average Bonchev–Trinajstić information content (AvgIpc) is 3.75. The zero-order valence-corrected chi connectivity index (χ0v) is 23.6. The summed E-state index contributed by atoms with van der Waals surface area (Å²) in [5.74, 6) is -0.621. The second-order valence-corrected chi connectivity index (χ2v) is 11.8. The van der Waals surface area contributed by atoms with Crippen LogP contribution in [0.4, 0.5) is 4.39 Å². The molecule has 0 aromatic heterocycles. The van der Waals surface area contributed by atoms with E-state index in [1.165, 1.54) is 17.8 Å². The highest BCUT2D eigenvalue weighted by atomic mass is 32.2. The van der Waals surface area contributed by atoms with Crippen LogP contribution in [-0.2, 0) is 23.9 Å². The summed E-state index contributed by atoms with van der Waals surface area (Å²) < 4.78 is 19.8. The van der Waals surface area contributed by atoms with Gasteiger partial charge >= 0.3 is 5.97 Å². The lowest BCUT2D eigenvalue weighted by Gasteiger charge is -2.39. The Morgan fingerprint density at radius 3 is 2.56 bits per heavy atom. The number of hydrogen-bond donors (Lipinski definition) is 0. The lowest BCUT2D eigenvalue weighted by molar-refractivity contribution is -0.144. The van der Waals surface area contributed by atoms with Gasteiger partial charge in [-0.3, -0.25) is 29.0 Å². The van der Waals surface area contributed by atoms with Gasteiger partial charge in [0.15, 0.2) is 10.9 Å². The molecule has 1 aromatic carbocycles. The number of esters is 1. The molecular weight excluding hydrogens is 521 g/mol. The molecule has 1 saturated carbocycles. The van der Waals surface area contributed by atoms with Crippen molar-refractivity contribution in [3.8, 4) is 0 Å². The third kappa shape index (κ3) is 7.99. The van der Waals surface area contributed by atoms with E-state index in [1.54, 1.807) is 36.9 Å². The maximum absolute atomic E-state index is 14.9. The van der Waals surface area contributed by atoms with Crippen molar-refractivity contribution in [1.82, 2.24) is 14.7 Å². The van der Waals surface area contributed by atoms with Crippen molar-refractivity contribution in [2.75, 3.05) is 52.4 Å². The van der Waals surface area contributed by atoms with Gasteiger partial charge in [0.1, 0.15) is 5.82 Å². The fraction of sp³-hybridized carbons (Fsp3) is 0.586. The van der Waals surface area contributed by atoms with Gasteiger partial charge < -0.3 is 9.64 Å². The van der Waals surface area contributed by atoms with Crippen LogP contribution in [0.3, 0.4) is 0 Å². The van der Waals surface area contributed by atoms with Gasteiger partial charge in [-0.2, -0.15) is 0 Å². The van der Waals surface area contributed by atoms with Gasteiger partial charge in [-0.25, -0.2) is 4.39 Å². The van der Waals surface area contributed by atoms with Gasteiger partial charge in [-0.1, -0.05) is 36.0 Å². The van der Waals surface area contributed by atoms with E-state index >= 15 is 0 Å². The van der Waals surface area contributed by atoms with E-state index in [9.17, 15) is 23.6 Å². The number of carbonyl (C=O) groups is 4. The lowest BCUT2D eigenvalue weighted by atomic mass is 9.93. The number of ketones is 1. The van der Waals surface area contributed by atoms with Crippen molar-refractivity contribution in [2.24, 2.45) is 5.92 Å². The Bertz CT molecular complexity index is 1110. The molecule has 212 valence electrons. The van der Waals surface area contributed by atoms with Crippen molar-refractivity contribution >= 4 is 34.5 Å². The first-order valence-electron chi connectivity index (χ1n) is 13.8. The largest absolute Gasteiger partial charge is 0.466 e. The summed E-state index contributed by atoms with van der Waals surface area (Å²) in [6, 6.07) is 5.83. The number of thioether (sulfide) groups is 1. The van der Waals surface area contributed by atoms with Crippen LogP contribution in [0.2, 0.25) is 0 Å². The van der Waals surface area contributed by atoms with E-state index in [4.69, 9.17) is 4.74 Å². The van der Waals surface area contributed by atoms with Crippen molar-refractivity contribution in [1.29, 1.82) is 0 Å². The number of nitrogens with zero attached hydrogens (tertiary/aromatic N) is 3. The molecule has 3 aliphatic rings. The number of ether oxygens (including phenoxy) is 1. The molecule has 0 spiro atoms. The minimum atomic E-state index is -0.657. The average molecular weight is 560 g/mol. The highest BCUT2D eigenvalue weighted by Crippen LogP contribution is 2.40. The molecule has 0 bridgehead atoms. The zero-order chi connectivity index (χ0) is 27.9. The van der Waals surface area contributed by atoms with Gasteiger partial charge in [0, 0.05) is 62.9 Å². The predicted octanol–water partition coefficient (Wildman–Crippen LogP) is 3.22. The van der Waals surface area contributed by atoms with Crippen LogP contribution >= 0.6 is 11.8 Å². The Morgan fingerprint density at radius 1 is 1.13 bits per heavy atom. The molecule has 2 heterocycles. The number of halogens is 1. The smallest absolute Gasteiger partial charge is 0.307 e. The first-order chi connectivity index (χ1) is 18.8. The third-order valence-electron chi connectivity index (χ3n) is 7.51. The first-order valence-corrected chi connectivity index (χ1v) is 14.7. The predicted molar refractivity (Wildman–Crippen MR) is 147 cm³/mol. The monoisotopic (exact) mass is 559 g/mol. The van der Waals surface area contributed by atoms with Crippen LogP contribution in [0.1, 0.15) is 51.1 Å². The number of likely N-dealkylation sites (tertiary alicyclic amines) is 1. The minimum Gasteiger partial charge on any atom is -0.466 e. The number of piperidine rings is 1. The molecule has 2 saturated heterocycles. The molecule has 3 fully saturated rings. The normalized spacial score (nSPS) is 22.6. The topological polar surface area (TPSA) is 87.2 Å². The molecule has 0 radical (unpaired) electrons. The van der Waals surface area contributed by atoms with Crippen LogP contribution in [0, 0.1) is 11.7 Å². The van der Waals surface area contributed by atoms with Crippen LogP contribution in [0.5, 0.6) is 0 Å². The molecule has 2 aliphatic heterocycles. The van der Waals surface area contributed by atoms with Crippen molar-refractivity contribution < 1.29 is 28.3 Å². The highest BCUT2D eigenvalue weighted by Gasteiger charge is 2.41. The van der Waals surface area contributed by atoms with E-state index in [1.807, 2.05) is 15.9 Å². The number of benzene rings is 1. The quantitative estimate of drug-likeness (QED) is 0.302. The maximum atomic E-state index is 14.9. The molecule has 10 heteroatoms. The maximum Gasteiger partial charge on any atom is 0.307 e. The molecule has 39 heavy (non-hydrogen) atoms. The summed E-state index contributed by atoms with van der Waals surface area (Å²) in [5.41, 5.74) is 1.39. The SMILES string of the molecule is CCOC(=O)CCN1CCN(CC=C2CN(C(C(=O)C3CC3)c3ccccc3F)CCC2SC(C)=O)C(=O)C1. The Balaban J connectivity index is 1.45. The molecule has 1 amide bonds. The van der Waals surface area contributed by atoms with Gasteiger partial charge in [0.05, 0.1) is 25.6 Å². The van der Waals surface area contributed by atoms with E-state index in [2.05, 4.69) is 0 Å².